The minimum atomic E-state index is -4.96. The Balaban J connectivity index is 3.25. The molecular formula is C8H6ClF3N2O3. The molecule has 1 heterocycles. The summed E-state index contributed by atoms with van der Waals surface area (Å²) in [5.41, 5.74) is 0.271. The average molecular weight is 271 g/mol. The van der Waals surface area contributed by atoms with E-state index < -0.39 is 23.0 Å². The highest BCUT2D eigenvalue weighted by Crippen LogP contribution is 2.28. The molecule has 0 aromatic carbocycles. The molecule has 0 aliphatic carbocycles. The zero-order valence-corrected chi connectivity index (χ0v) is 9.17. The number of nitro groups is 1. The first-order valence-electron chi connectivity index (χ1n) is 4.21. The van der Waals surface area contributed by atoms with E-state index in [1.807, 2.05) is 0 Å². The summed E-state index contributed by atoms with van der Waals surface area (Å²) in [5.74, 6) is -1.78. The topological polar surface area (TPSA) is 65.3 Å². The fraction of sp³-hybridized carbons (Fsp3) is 0.375. The van der Waals surface area contributed by atoms with Gasteiger partial charge in [0.25, 0.3) is 0 Å². The largest absolute Gasteiger partial charge is 0.575 e. The molecule has 0 N–H and O–H groups in total. The molecule has 94 valence electrons. The number of nitrogens with zero attached hydrogens (tertiary/aromatic N) is 2. The number of hydrogen-bond acceptors (Lipinski definition) is 4. The monoisotopic (exact) mass is 270 g/mol. The molecule has 0 unspecified atom stereocenters. The molecule has 1 aromatic rings. The Morgan fingerprint density at radius 2 is 2.18 bits per heavy atom. The molecule has 0 aliphatic rings. The smallest absolute Gasteiger partial charge is 0.366 e. The van der Waals surface area contributed by atoms with Crippen molar-refractivity contribution >= 4 is 17.4 Å². The molecular weight excluding hydrogens is 265 g/mol. The van der Waals surface area contributed by atoms with Gasteiger partial charge in [0.15, 0.2) is 0 Å². The lowest BCUT2D eigenvalue weighted by Gasteiger charge is -2.07. The summed E-state index contributed by atoms with van der Waals surface area (Å²) < 4.78 is 39.4. The van der Waals surface area contributed by atoms with Gasteiger partial charge >= 0.3 is 18.1 Å². The van der Waals surface area contributed by atoms with Crippen molar-refractivity contribution in [3.63, 3.8) is 0 Å². The number of halogens is 4. The molecule has 0 radical (unpaired) electrons. The van der Waals surface area contributed by atoms with Gasteiger partial charge in [0.2, 0.25) is 0 Å². The highest BCUT2D eigenvalue weighted by Gasteiger charge is 2.34. The van der Waals surface area contributed by atoms with Crippen LogP contribution in [0.3, 0.4) is 0 Å². The fourth-order valence-corrected chi connectivity index (χ4v) is 1.39. The van der Waals surface area contributed by atoms with Gasteiger partial charge in [0.05, 0.1) is 5.56 Å². The normalized spacial score (nSPS) is 11.4. The van der Waals surface area contributed by atoms with Gasteiger partial charge in [0, 0.05) is 16.9 Å². The Hall–Kier alpha value is -1.57. The number of alkyl halides is 4. The average Bonchev–Trinajstić information content (AvgIpc) is 2.17. The number of rotatable bonds is 3. The van der Waals surface area contributed by atoms with Crippen molar-refractivity contribution in [3.05, 3.63) is 27.3 Å². The SMILES string of the molecule is Cc1c(CCl)cc(OC(F)(F)F)nc1[N+](=O)[O-]. The molecule has 0 saturated carbocycles. The van der Waals surface area contributed by atoms with Crippen LogP contribution in [0.25, 0.3) is 0 Å². The summed E-state index contributed by atoms with van der Waals surface area (Å²) in [6.45, 7) is 1.35. The molecule has 0 aliphatic heterocycles. The molecule has 0 fully saturated rings. The maximum Gasteiger partial charge on any atom is 0.575 e. The number of aromatic nitrogens is 1. The van der Waals surface area contributed by atoms with Crippen LogP contribution in [0.15, 0.2) is 6.07 Å². The van der Waals surface area contributed by atoms with Gasteiger partial charge < -0.3 is 14.9 Å². The molecule has 5 nitrogen and oxygen atoms in total. The van der Waals surface area contributed by atoms with Crippen LogP contribution in [-0.2, 0) is 5.88 Å². The Labute approximate surface area is 98.3 Å². The second kappa shape index (κ2) is 4.74. The molecule has 0 amide bonds. The first-order chi connectivity index (χ1) is 7.74. The van der Waals surface area contributed by atoms with Crippen LogP contribution in [-0.4, -0.2) is 16.3 Å². The molecule has 9 heteroatoms. The quantitative estimate of drug-likeness (QED) is 0.481. The molecule has 17 heavy (non-hydrogen) atoms. The van der Waals surface area contributed by atoms with Crippen molar-refractivity contribution in [2.45, 2.75) is 19.2 Å². The van der Waals surface area contributed by atoms with Crippen LogP contribution in [0, 0.1) is 17.0 Å². The minimum absolute atomic E-state index is 0.111. The van der Waals surface area contributed by atoms with E-state index in [-0.39, 0.29) is 17.0 Å². The van der Waals surface area contributed by atoms with Gasteiger partial charge in [-0.25, -0.2) is 0 Å². The Morgan fingerprint density at radius 3 is 2.59 bits per heavy atom. The van der Waals surface area contributed by atoms with Crippen molar-refractivity contribution in [2.75, 3.05) is 0 Å². The predicted molar refractivity (Wildman–Crippen MR) is 51.9 cm³/mol. The second-order valence-electron chi connectivity index (χ2n) is 3.01. The van der Waals surface area contributed by atoms with Crippen LogP contribution in [0.1, 0.15) is 11.1 Å². The summed E-state index contributed by atoms with van der Waals surface area (Å²) in [5, 5.41) is 10.6. The molecule has 0 atom stereocenters. The summed E-state index contributed by atoms with van der Waals surface area (Å²) in [7, 11) is 0. The summed E-state index contributed by atoms with van der Waals surface area (Å²) >= 11 is 5.46. The minimum Gasteiger partial charge on any atom is -0.366 e. The molecule has 0 spiro atoms. The maximum absolute atomic E-state index is 11.9. The Kier molecular flexibility index (Phi) is 3.76. The van der Waals surface area contributed by atoms with Crippen LogP contribution in [0.2, 0.25) is 0 Å². The van der Waals surface area contributed by atoms with E-state index in [9.17, 15) is 23.3 Å². The third-order valence-electron chi connectivity index (χ3n) is 1.87. The number of hydrogen-bond donors (Lipinski definition) is 0. The zero-order chi connectivity index (χ0) is 13.2. The fourth-order valence-electron chi connectivity index (χ4n) is 1.11. The lowest BCUT2D eigenvalue weighted by molar-refractivity contribution is -0.390. The van der Waals surface area contributed by atoms with E-state index in [0.29, 0.717) is 0 Å². The van der Waals surface area contributed by atoms with Crippen molar-refractivity contribution < 1.29 is 22.8 Å². The van der Waals surface area contributed by atoms with E-state index in [4.69, 9.17) is 11.6 Å². The van der Waals surface area contributed by atoms with Gasteiger partial charge in [-0.05, 0) is 17.4 Å². The third kappa shape index (κ3) is 3.45. The van der Waals surface area contributed by atoms with E-state index >= 15 is 0 Å². The number of pyridine rings is 1. The van der Waals surface area contributed by atoms with Crippen molar-refractivity contribution in [1.82, 2.24) is 4.98 Å². The Morgan fingerprint density at radius 1 is 1.59 bits per heavy atom. The van der Waals surface area contributed by atoms with Gasteiger partial charge in [-0.3, -0.25) is 0 Å². The van der Waals surface area contributed by atoms with Gasteiger partial charge in [-0.15, -0.1) is 24.8 Å². The summed E-state index contributed by atoms with van der Waals surface area (Å²) in [6, 6.07) is 0.919. The van der Waals surface area contributed by atoms with E-state index in [2.05, 4.69) is 9.72 Å². The summed E-state index contributed by atoms with van der Waals surface area (Å²) in [4.78, 5) is 12.8. The zero-order valence-electron chi connectivity index (χ0n) is 8.42. The van der Waals surface area contributed by atoms with Gasteiger partial charge in [-0.1, -0.05) is 0 Å². The lowest BCUT2D eigenvalue weighted by atomic mass is 10.1. The van der Waals surface area contributed by atoms with E-state index in [0.717, 1.165) is 6.07 Å². The second-order valence-corrected chi connectivity index (χ2v) is 3.27. The van der Waals surface area contributed by atoms with Crippen molar-refractivity contribution in [1.29, 1.82) is 0 Å². The molecule has 0 bridgehead atoms. The van der Waals surface area contributed by atoms with Crippen LogP contribution in [0.4, 0.5) is 19.0 Å². The Bertz CT molecular complexity index is 450. The highest BCUT2D eigenvalue weighted by atomic mass is 35.5. The highest BCUT2D eigenvalue weighted by molar-refractivity contribution is 6.17. The van der Waals surface area contributed by atoms with Crippen LogP contribution >= 0.6 is 11.6 Å². The van der Waals surface area contributed by atoms with Crippen molar-refractivity contribution in [2.24, 2.45) is 0 Å². The van der Waals surface area contributed by atoms with Gasteiger partial charge in [0.1, 0.15) is 0 Å². The van der Waals surface area contributed by atoms with E-state index in [1.165, 1.54) is 6.92 Å². The van der Waals surface area contributed by atoms with E-state index in [1.54, 1.807) is 0 Å². The van der Waals surface area contributed by atoms with Crippen molar-refractivity contribution in [3.8, 4) is 5.88 Å². The van der Waals surface area contributed by atoms with Crippen LogP contribution < -0.4 is 4.74 Å². The standard InChI is InChI=1S/C8H6ClF3N2O3/c1-4-5(3-9)2-6(17-8(10,11)12)13-7(4)14(15)16/h2H,3H2,1H3. The lowest BCUT2D eigenvalue weighted by Crippen LogP contribution is -2.18. The first-order valence-corrected chi connectivity index (χ1v) is 4.74. The third-order valence-corrected chi connectivity index (χ3v) is 2.16. The van der Waals surface area contributed by atoms with Crippen LogP contribution in [0.5, 0.6) is 5.88 Å². The predicted octanol–water partition coefficient (Wildman–Crippen LogP) is 2.94. The first kappa shape index (κ1) is 13.5. The summed E-state index contributed by atoms with van der Waals surface area (Å²) in [6.07, 6.45) is -4.96. The van der Waals surface area contributed by atoms with Gasteiger partial charge in [-0.2, -0.15) is 0 Å². The molecule has 1 aromatic heterocycles. The number of ether oxygens (including phenoxy) is 1. The maximum atomic E-state index is 11.9. The molecule has 1 rings (SSSR count). The molecule has 0 saturated heterocycles.